The van der Waals surface area contributed by atoms with Crippen molar-refractivity contribution < 1.29 is 218 Å². The highest BCUT2D eigenvalue weighted by Gasteiger charge is 2.62. The molecule has 3 amide bonds. The largest absolute Gasteiger partial charge is 0.477 e. The summed E-state index contributed by atoms with van der Waals surface area (Å²) in [6.07, 6.45) is -78.4. The number of carboxylic acids is 1. The van der Waals surface area contributed by atoms with Crippen LogP contribution in [0.15, 0.2) is 0 Å². The van der Waals surface area contributed by atoms with Crippen molar-refractivity contribution in [3.8, 4) is 0 Å². The summed E-state index contributed by atoms with van der Waals surface area (Å²) >= 11 is 0. The number of amides is 3. The maximum Gasteiger partial charge on any atom is 0.364 e. The van der Waals surface area contributed by atoms with Gasteiger partial charge >= 0.3 is 5.97 Å². The number of hydrogen-bond donors (Lipinski definition) is 29. The predicted octanol–water partition coefficient (Wildman–Crippen LogP) is -19.2. The third-order valence-corrected chi connectivity index (χ3v) is 18.5. The van der Waals surface area contributed by atoms with Gasteiger partial charge in [0.2, 0.25) is 17.7 Å². The van der Waals surface area contributed by atoms with E-state index in [2.05, 4.69) is 16.0 Å². The molecule has 0 spiro atoms. The lowest BCUT2D eigenvalue weighted by molar-refractivity contribution is -0.387. The minimum Gasteiger partial charge on any atom is -0.477 e. The maximum absolute atomic E-state index is 13.1. The van der Waals surface area contributed by atoms with Gasteiger partial charge in [-0.05, 0) is 0 Å². The second-order valence-electron chi connectivity index (χ2n) is 25.8. The van der Waals surface area contributed by atoms with E-state index in [9.17, 15) is 152 Å². The van der Waals surface area contributed by atoms with Crippen LogP contribution in [0.4, 0.5) is 0 Å². The topological polar surface area (TPSA) is 760 Å². The fourth-order valence-electron chi connectivity index (χ4n) is 12.9. The molecular formula is C57H97N3O44. The second-order valence-corrected chi connectivity index (χ2v) is 25.8. The number of nitrogens with one attached hydrogen (secondary N) is 3. The Kier molecular flexibility index (Phi) is 32.2. The zero-order valence-electron chi connectivity index (χ0n) is 55.6. The van der Waals surface area contributed by atoms with Crippen molar-refractivity contribution in [2.75, 3.05) is 59.5 Å². The highest BCUT2D eigenvalue weighted by Crippen LogP contribution is 2.41. The third kappa shape index (κ3) is 19.5. The van der Waals surface area contributed by atoms with Crippen LogP contribution in [0.2, 0.25) is 0 Å². The van der Waals surface area contributed by atoms with Crippen LogP contribution in [-0.2, 0) is 85.5 Å². The first-order valence-corrected chi connectivity index (χ1v) is 32.7. The lowest BCUT2D eigenvalue weighted by atomic mass is 9.88. The van der Waals surface area contributed by atoms with Gasteiger partial charge in [0, 0.05) is 27.2 Å². The summed E-state index contributed by atoms with van der Waals surface area (Å²) < 4.78 is 80.9. The van der Waals surface area contributed by atoms with Gasteiger partial charge in [-0.25, -0.2) is 4.79 Å². The molecule has 0 aromatic carbocycles. The Balaban J connectivity index is 1.15. The molecule has 0 aromatic rings. The first-order valence-electron chi connectivity index (χ1n) is 32.7. The molecule has 40 atom stereocenters. The molecule has 604 valence electrons. The van der Waals surface area contributed by atoms with Gasteiger partial charge in [0.25, 0.3) is 5.79 Å². The number of carboxylic acid groups (broad SMARTS) is 1. The van der Waals surface area contributed by atoms with E-state index in [-0.39, 0.29) is 0 Å². The molecule has 29 N–H and O–H groups in total. The Morgan fingerprint density at radius 1 is 0.413 bits per heavy atom. The number of ether oxygens (including phenoxy) is 14. The molecule has 7 aliphatic heterocycles. The van der Waals surface area contributed by atoms with Crippen molar-refractivity contribution >= 4 is 23.7 Å². The number of carbonyl (C=O) groups excluding carboxylic acids is 3. The molecule has 47 heteroatoms. The number of aliphatic carboxylic acids is 1. The Hall–Kier alpha value is -3.68. The van der Waals surface area contributed by atoms with Gasteiger partial charge in [-0.1, -0.05) is 0 Å². The number of aliphatic hydroxyl groups excluding tert-OH is 25. The van der Waals surface area contributed by atoms with E-state index in [0.717, 1.165) is 20.8 Å². The maximum atomic E-state index is 13.1. The van der Waals surface area contributed by atoms with Crippen molar-refractivity contribution in [2.24, 2.45) is 0 Å². The molecule has 47 nitrogen and oxygen atoms in total. The molecule has 7 aliphatic rings. The smallest absolute Gasteiger partial charge is 0.364 e. The molecule has 0 unspecified atom stereocenters. The van der Waals surface area contributed by atoms with E-state index in [0.29, 0.717) is 0 Å². The Labute approximate surface area is 588 Å². The molecular weight excluding hydrogens is 1430 g/mol. The zero-order chi connectivity index (χ0) is 77.4. The summed E-state index contributed by atoms with van der Waals surface area (Å²) in [5, 5.41) is 289. The normalized spacial score (nSPS) is 44.8. The molecule has 0 aromatic heterocycles. The number of aliphatic hydroxyl groups is 25. The van der Waals surface area contributed by atoms with E-state index in [4.69, 9.17) is 66.3 Å². The monoisotopic (exact) mass is 1530 g/mol. The van der Waals surface area contributed by atoms with Crippen LogP contribution >= 0.6 is 0 Å². The first-order chi connectivity index (χ1) is 49.0. The standard InChI is InChI=1S/C57H97N3O44/c1-14(69)58-27-17(72)4-57(56(89)90,103-46(27)31(77)19(74)6-62)104-49-34(80)23(10-66)94-55(42(49)88)100-44-24(11-67)95-50(28(36(44)82)59-15(2)70)91-13-26-35(81)48(41(87)54(97-26)98-43(20(75)7-63)30(76)18(73)5-61)101-51-29(60-16(3)71)37(83)45(25(12-68)96-51)99-53-40(86)47(33(79)22(9-65)93-53)102-52-39(85)38(84)32(78)21(8-64)92-52/h17-55,61-68,72-88H,4-13H2,1-3H3,(H,58,69)(H,59,70)(H,60,71)(H,89,90)/t17-,18-,19+,20+,21+,22+,23+,24+,25+,26+,27+,28+,29+,30+,31+,32-,33-,34-,35-,36+,37+,38-,39+,40+,41+,42+,43+,44+,45+,46+,47-,48-,49-,50+,51-,52+,53-,54-,55-,57-/m0/s1. The molecule has 7 fully saturated rings. The van der Waals surface area contributed by atoms with Crippen molar-refractivity contribution in [1.29, 1.82) is 0 Å². The first kappa shape index (κ1) is 87.5. The number of carbonyl (C=O) groups is 4. The fourth-order valence-corrected chi connectivity index (χ4v) is 12.9. The molecule has 0 saturated carbocycles. The summed E-state index contributed by atoms with van der Waals surface area (Å²) in [5.74, 6) is -8.21. The summed E-state index contributed by atoms with van der Waals surface area (Å²) in [6, 6.07) is -5.66. The summed E-state index contributed by atoms with van der Waals surface area (Å²) in [6.45, 7) is -7.61. The van der Waals surface area contributed by atoms with Crippen molar-refractivity contribution in [1.82, 2.24) is 16.0 Å². The van der Waals surface area contributed by atoms with Crippen LogP contribution in [0, 0.1) is 0 Å². The summed E-state index contributed by atoms with van der Waals surface area (Å²) in [5.41, 5.74) is 0. The lowest BCUT2D eigenvalue weighted by Gasteiger charge is -2.51. The van der Waals surface area contributed by atoms with Crippen molar-refractivity contribution in [3.63, 3.8) is 0 Å². The van der Waals surface area contributed by atoms with E-state index in [1.54, 1.807) is 0 Å². The average Bonchev–Trinajstić information content (AvgIpc) is 0.753. The van der Waals surface area contributed by atoms with Crippen LogP contribution in [0.5, 0.6) is 0 Å². The minimum absolute atomic E-state index is 0.861. The van der Waals surface area contributed by atoms with Gasteiger partial charge in [0.15, 0.2) is 37.7 Å². The van der Waals surface area contributed by atoms with Gasteiger partial charge in [-0.2, -0.15) is 0 Å². The average molecular weight is 1530 g/mol. The molecule has 0 aliphatic carbocycles. The van der Waals surface area contributed by atoms with Gasteiger partial charge < -0.3 is 215 Å². The van der Waals surface area contributed by atoms with Gasteiger partial charge in [-0.15, -0.1) is 0 Å². The van der Waals surface area contributed by atoms with Gasteiger partial charge in [-0.3, -0.25) is 14.4 Å². The zero-order valence-corrected chi connectivity index (χ0v) is 55.6. The van der Waals surface area contributed by atoms with Crippen LogP contribution in [-0.4, -0.2) is 461 Å². The Morgan fingerprint density at radius 2 is 0.798 bits per heavy atom. The molecule has 7 rings (SSSR count). The summed E-state index contributed by atoms with van der Waals surface area (Å²) in [7, 11) is 0. The highest BCUT2D eigenvalue weighted by atomic mass is 16.8. The van der Waals surface area contributed by atoms with Gasteiger partial charge in [0.05, 0.1) is 71.6 Å². The van der Waals surface area contributed by atoms with Crippen LogP contribution in [0.1, 0.15) is 27.2 Å². The van der Waals surface area contributed by atoms with Gasteiger partial charge in [0.1, 0.15) is 189 Å². The van der Waals surface area contributed by atoms with Crippen LogP contribution in [0.3, 0.4) is 0 Å². The Bertz CT molecular complexity index is 2690. The highest BCUT2D eigenvalue weighted by molar-refractivity contribution is 5.77. The van der Waals surface area contributed by atoms with Crippen LogP contribution < -0.4 is 16.0 Å². The SMILES string of the molecule is CC(=O)N[C@H]1[C@H](OC[C@H]2O[C@@H](O[C@@H]([C@H](O)[C@@H](O)CO)[C@H](O)CO)[C@H](O)[C@@H](O[C@@H]3O[C@H](CO)[C@@H](O[C@@H]4O[C@H](CO)[C@H](O)[C@H](O[C@H]5O[C@H](CO)[C@H](O)[C@H](O)[C@H]5O)[C@H]4O)[C@H](O)[C@H]3NC(C)=O)[C@H]2O)O[C@H](CO)[C@@H](O[C@@H]2O[C@H](CO)[C@H](O)[C@H](O[C@]3(C(=O)O)C[C@H](O)[C@@H](NC(C)=O)[C@H]([C@H](O)[C@H](O)CO)O3)[C@H]2O)[C@@H]1O. The van der Waals surface area contributed by atoms with Crippen molar-refractivity contribution in [3.05, 3.63) is 0 Å². The van der Waals surface area contributed by atoms with Crippen molar-refractivity contribution in [2.45, 2.75) is 272 Å². The van der Waals surface area contributed by atoms with Crippen LogP contribution in [0.25, 0.3) is 0 Å². The molecule has 7 saturated heterocycles. The minimum atomic E-state index is -3.26. The Morgan fingerprint density at radius 3 is 1.27 bits per heavy atom. The third-order valence-electron chi connectivity index (χ3n) is 18.5. The predicted molar refractivity (Wildman–Crippen MR) is 319 cm³/mol. The van der Waals surface area contributed by atoms with E-state index < -0.39 is 334 Å². The summed E-state index contributed by atoms with van der Waals surface area (Å²) in [4.78, 5) is 51.1. The number of hydrogen-bond acceptors (Lipinski definition) is 43. The second kappa shape index (κ2) is 38.3. The fraction of sp³-hybridized carbons (Fsp3) is 0.930. The number of rotatable bonds is 32. The molecule has 0 radical (unpaired) electrons. The quantitative estimate of drug-likeness (QED) is 0.0297. The van der Waals surface area contributed by atoms with E-state index in [1.807, 2.05) is 0 Å². The molecule has 104 heavy (non-hydrogen) atoms. The molecule has 0 bridgehead atoms. The molecule has 7 heterocycles. The van der Waals surface area contributed by atoms with E-state index in [1.165, 1.54) is 0 Å². The van der Waals surface area contributed by atoms with E-state index >= 15 is 0 Å². The lowest BCUT2D eigenvalue weighted by Crippen LogP contribution is -2.71.